The van der Waals surface area contributed by atoms with Gasteiger partial charge in [0.25, 0.3) is 0 Å². The molecule has 0 bridgehead atoms. The minimum absolute atomic E-state index is 0.283. The van der Waals surface area contributed by atoms with E-state index in [0.717, 1.165) is 10.9 Å². The fourth-order valence-electron chi connectivity index (χ4n) is 2.16. The predicted molar refractivity (Wildman–Crippen MR) is 87.6 cm³/mol. The number of rotatable bonds is 3. The number of carboxylic acids is 1. The zero-order valence-corrected chi connectivity index (χ0v) is 14.3. The number of hydrogen-bond acceptors (Lipinski definition) is 3. The molecule has 1 aromatic heterocycles. The number of para-hydroxylation sites is 1. The molecule has 0 unspecified atom stereocenters. The van der Waals surface area contributed by atoms with Crippen molar-refractivity contribution in [3.8, 4) is 0 Å². The van der Waals surface area contributed by atoms with Crippen molar-refractivity contribution >= 4 is 38.9 Å². The van der Waals surface area contributed by atoms with Gasteiger partial charge < -0.3 is 9.84 Å². The van der Waals surface area contributed by atoms with E-state index >= 15 is 0 Å². The minimum atomic E-state index is -0.936. The molecule has 1 heterocycles. The highest BCUT2D eigenvalue weighted by atomic mass is 79.9. The first kappa shape index (κ1) is 16.5. The molecular formula is C16H18BrNO4. The van der Waals surface area contributed by atoms with Crippen LogP contribution in [0.2, 0.25) is 0 Å². The van der Waals surface area contributed by atoms with Gasteiger partial charge in [-0.1, -0.05) is 34.1 Å². The summed E-state index contributed by atoms with van der Waals surface area (Å²) in [4.78, 5) is 22.6. The van der Waals surface area contributed by atoms with Crippen LogP contribution >= 0.6 is 15.9 Å². The normalized spacial score (nSPS) is 13.1. The number of aliphatic carboxylic acids is 1. The zero-order valence-electron chi connectivity index (χ0n) is 12.7. The zero-order chi connectivity index (χ0) is 16.5. The van der Waals surface area contributed by atoms with Crippen molar-refractivity contribution in [3.05, 3.63) is 36.0 Å². The number of carbonyl (C=O) groups is 2. The second-order valence-corrected chi connectivity index (χ2v) is 7.14. The molecule has 0 aliphatic heterocycles. The number of hydrogen-bond donors (Lipinski definition) is 1. The first-order chi connectivity index (χ1) is 10.2. The van der Waals surface area contributed by atoms with Gasteiger partial charge in [0, 0.05) is 11.6 Å². The smallest absolute Gasteiger partial charge is 0.419 e. The molecule has 0 saturated heterocycles. The van der Waals surface area contributed by atoms with E-state index in [2.05, 4.69) is 15.9 Å². The molecular weight excluding hydrogens is 350 g/mol. The van der Waals surface area contributed by atoms with Crippen LogP contribution < -0.4 is 0 Å². The summed E-state index contributed by atoms with van der Waals surface area (Å²) in [6.45, 7) is 5.41. The summed E-state index contributed by atoms with van der Waals surface area (Å²) in [5.74, 6) is -0.936. The number of alkyl halides is 1. The molecule has 0 saturated carbocycles. The van der Waals surface area contributed by atoms with Crippen molar-refractivity contribution in [1.29, 1.82) is 0 Å². The van der Waals surface area contributed by atoms with Crippen LogP contribution in [0.1, 0.15) is 26.3 Å². The van der Waals surface area contributed by atoms with Crippen molar-refractivity contribution in [1.82, 2.24) is 4.57 Å². The van der Waals surface area contributed by atoms with Crippen LogP contribution in [0.15, 0.2) is 30.5 Å². The Bertz CT molecular complexity index is 714. The average Bonchev–Trinajstić information content (AvgIpc) is 2.76. The monoisotopic (exact) mass is 367 g/mol. The molecule has 0 spiro atoms. The standard InChI is InChI=1S/C16H18BrNO4/c1-16(2,3)22-15(21)18-9-10(8-12(17)14(19)20)11-6-4-5-7-13(11)18/h4-7,9,12H,8H2,1-3H3,(H,19,20)/t12-/m0/s1. The third-order valence-corrected chi connectivity index (χ3v) is 3.77. The Morgan fingerprint density at radius 2 is 1.95 bits per heavy atom. The van der Waals surface area contributed by atoms with E-state index in [9.17, 15) is 9.59 Å². The highest BCUT2D eigenvalue weighted by Gasteiger charge is 2.22. The van der Waals surface area contributed by atoms with Gasteiger partial charge in [-0.25, -0.2) is 4.79 Å². The van der Waals surface area contributed by atoms with Crippen LogP contribution in [0.4, 0.5) is 4.79 Å². The lowest BCUT2D eigenvalue weighted by molar-refractivity contribution is -0.136. The van der Waals surface area contributed by atoms with Gasteiger partial charge in [-0.3, -0.25) is 9.36 Å². The van der Waals surface area contributed by atoms with Gasteiger partial charge in [0.1, 0.15) is 10.4 Å². The van der Waals surface area contributed by atoms with Crippen molar-refractivity contribution in [3.63, 3.8) is 0 Å². The Morgan fingerprint density at radius 3 is 2.55 bits per heavy atom. The third kappa shape index (κ3) is 3.68. The highest BCUT2D eigenvalue weighted by Crippen LogP contribution is 2.25. The number of carboxylic acid groups (broad SMARTS) is 1. The molecule has 1 atom stereocenters. The van der Waals surface area contributed by atoms with Crippen molar-refractivity contribution < 1.29 is 19.4 Å². The summed E-state index contributed by atoms with van der Waals surface area (Å²) in [6.07, 6.45) is 1.46. The van der Waals surface area contributed by atoms with Crippen molar-refractivity contribution in [2.24, 2.45) is 0 Å². The van der Waals surface area contributed by atoms with E-state index in [-0.39, 0.29) is 6.42 Å². The molecule has 5 nitrogen and oxygen atoms in total. The number of benzene rings is 1. The Morgan fingerprint density at radius 1 is 1.32 bits per heavy atom. The second-order valence-electron chi connectivity index (χ2n) is 6.03. The van der Waals surface area contributed by atoms with Gasteiger partial charge in [-0.05, 0) is 38.8 Å². The maximum Gasteiger partial charge on any atom is 0.419 e. The first-order valence-electron chi connectivity index (χ1n) is 6.88. The average molecular weight is 368 g/mol. The van der Waals surface area contributed by atoms with Crippen LogP contribution in [0.3, 0.4) is 0 Å². The molecule has 0 fully saturated rings. The van der Waals surface area contributed by atoms with Crippen LogP contribution in [-0.4, -0.2) is 32.2 Å². The molecule has 0 aliphatic carbocycles. The summed E-state index contributed by atoms with van der Waals surface area (Å²) < 4.78 is 6.82. The SMILES string of the molecule is CC(C)(C)OC(=O)n1cc(C[C@H](Br)C(=O)O)c2ccccc21. The van der Waals surface area contributed by atoms with E-state index < -0.39 is 22.5 Å². The lowest BCUT2D eigenvalue weighted by atomic mass is 10.1. The summed E-state index contributed by atoms with van der Waals surface area (Å²) >= 11 is 3.13. The van der Waals surface area contributed by atoms with Gasteiger partial charge in [0.15, 0.2) is 0 Å². The number of halogens is 1. The minimum Gasteiger partial charge on any atom is -0.480 e. The maximum absolute atomic E-state index is 12.3. The van der Waals surface area contributed by atoms with Gasteiger partial charge in [0.2, 0.25) is 0 Å². The van der Waals surface area contributed by atoms with Crippen LogP contribution in [0.5, 0.6) is 0 Å². The number of aromatic nitrogens is 1. The topological polar surface area (TPSA) is 68.5 Å². The molecule has 0 radical (unpaired) electrons. The Balaban J connectivity index is 2.44. The Labute approximate surface area is 137 Å². The van der Waals surface area contributed by atoms with Gasteiger partial charge in [0.05, 0.1) is 5.52 Å². The molecule has 118 valence electrons. The molecule has 0 amide bonds. The lowest BCUT2D eigenvalue weighted by Gasteiger charge is -2.19. The molecule has 0 aliphatic rings. The van der Waals surface area contributed by atoms with Crippen LogP contribution in [0, 0.1) is 0 Å². The van der Waals surface area contributed by atoms with E-state index in [0.29, 0.717) is 5.52 Å². The summed E-state index contributed by atoms with van der Waals surface area (Å²) in [6, 6.07) is 7.37. The third-order valence-electron chi connectivity index (χ3n) is 3.05. The number of nitrogens with zero attached hydrogens (tertiary/aromatic N) is 1. The second kappa shape index (κ2) is 6.12. The Kier molecular flexibility index (Phi) is 4.60. The fraction of sp³-hybridized carbons (Fsp3) is 0.375. The number of carbonyl (C=O) groups excluding carboxylic acids is 1. The summed E-state index contributed by atoms with van der Waals surface area (Å²) in [7, 11) is 0. The largest absolute Gasteiger partial charge is 0.480 e. The van der Waals surface area contributed by atoms with Crippen LogP contribution in [-0.2, 0) is 16.0 Å². The van der Waals surface area contributed by atoms with Gasteiger partial charge in [-0.15, -0.1) is 0 Å². The maximum atomic E-state index is 12.3. The van der Waals surface area contributed by atoms with Gasteiger partial charge in [-0.2, -0.15) is 0 Å². The molecule has 1 N–H and O–H groups in total. The highest BCUT2D eigenvalue weighted by molar-refractivity contribution is 9.10. The molecule has 1 aromatic carbocycles. The quantitative estimate of drug-likeness (QED) is 0.837. The van der Waals surface area contributed by atoms with Gasteiger partial charge >= 0.3 is 12.1 Å². The van der Waals surface area contributed by atoms with E-state index in [1.165, 1.54) is 4.57 Å². The first-order valence-corrected chi connectivity index (χ1v) is 7.80. The van der Waals surface area contributed by atoms with E-state index in [1.54, 1.807) is 27.0 Å². The summed E-state index contributed by atoms with van der Waals surface area (Å²) in [5.41, 5.74) is 0.893. The lowest BCUT2D eigenvalue weighted by Crippen LogP contribution is -2.26. The molecule has 2 rings (SSSR count). The van der Waals surface area contributed by atoms with Crippen molar-refractivity contribution in [2.75, 3.05) is 0 Å². The van der Waals surface area contributed by atoms with Crippen molar-refractivity contribution in [2.45, 2.75) is 37.6 Å². The molecule has 6 heteroatoms. The number of fused-ring (bicyclic) bond motifs is 1. The number of ether oxygens (including phenoxy) is 1. The fourth-order valence-corrected chi connectivity index (χ4v) is 2.50. The van der Waals surface area contributed by atoms with Crippen LogP contribution in [0.25, 0.3) is 10.9 Å². The van der Waals surface area contributed by atoms with E-state index in [4.69, 9.17) is 9.84 Å². The molecule has 22 heavy (non-hydrogen) atoms. The molecule has 2 aromatic rings. The van der Waals surface area contributed by atoms with E-state index in [1.807, 2.05) is 24.3 Å². The Hall–Kier alpha value is -1.82. The predicted octanol–water partition coefficient (Wildman–Crippen LogP) is 3.82. The summed E-state index contributed by atoms with van der Waals surface area (Å²) in [5, 5.41) is 9.89.